The highest BCUT2D eigenvalue weighted by atomic mass is 14.6. The fraction of sp³-hybridized carbons (Fsp3) is 0.667. The van der Waals surface area contributed by atoms with Crippen LogP contribution < -0.4 is 5.73 Å². The minimum atomic E-state index is 0.809. The zero-order valence-electron chi connectivity index (χ0n) is 7.95. The molecule has 0 amide bonds. The van der Waals surface area contributed by atoms with E-state index in [0.717, 1.165) is 30.2 Å². The lowest BCUT2D eigenvalue weighted by atomic mass is 9.66. The Kier molecular flexibility index (Phi) is 1.63. The van der Waals surface area contributed by atoms with Gasteiger partial charge in [0, 0.05) is 5.92 Å². The van der Waals surface area contributed by atoms with Crippen LogP contribution in [-0.2, 0) is 0 Å². The molecule has 4 unspecified atom stereocenters. The van der Waals surface area contributed by atoms with Crippen molar-refractivity contribution in [3.05, 3.63) is 23.8 Å². The van der Waals surface area contributed by atoms with E-state index in [-0.39, 0.29) is 0 Å². The van der Waals surface area contributed by atoms with Crippen LogP contribution in [0, 0.1) is 23.7 Å². The van der Waals surface area contributed by atoms with Crippen LogP contribution >= 0.6 is 0 Å². The van der Waals surface area contributed by atoms with E-state index in [4.69, 9.17) is 5.73 Å². The Balaban J connectivity index is 1.72. The predicted molar refractivity (Wildman–Crippen MR) is 54.1 cm³/mol. The minimum absolute atomic E-state index is 0.809. The van der Waals surface area contributed by atoms with Crippen molar-refractivity contribution >= 4 is 0 Å². The molecule has 0 heterocycles. The average molecular weight is 175 g/mol. The molecule has 1 fully saturated rings. The molecule has 13 heavy (non-hydrogen) atoms. The second-order valence-corrected chi connectivity index (χ2v) is 4.78. The van der Waals surface area contributed by atoms with Crippen molar-refractivity contribution in [3.8, 4) is 0 Å². The number of allylic oxidation sites excluding steroid dienone is 4. The van der Waals surface area contributed by atoms with Crippen LogP contribution in [0.3, 0.4) is 0 Å². The van der Waals surface area contributed by atoms with Gasteiger partial charge in [0.05, 0.1) is 0 Å². The third kappa shape index (κ3) is 1.03. The smallest absolute Gasteiger partial charge is 0.00114 e. The van der Waals surface area contributed by atoms with Crippen molar-refractivity contribution in [1.29, 1.82) is 0 Å². The lowest BCUT2D eigenvalue weighted by molar-refractivity contribution is 0.136. The van der Waals surface area contributed by atoms with Gasteiger partial charge in [0.2, 0.25) is 0 Å². The Hall–Kier alpha value is -0.560. The SMILES string of the molecule is NCC1CC2CC(C3C=CC3)=CC12. The molecule has 4 atom stereocenters. The van der Waals surface area contributed by atoms with Crippen LogP contribution in [0.1, 0.15) is 19.3 Å². The Morgan fingerprint density at radius 3 is 2.92 bits per heavy atom. The van der Waals surface area contributed by atoms with Gasteiger partial charge in [-0.05, 0) is 43.6 Å². The van der Waals surface area contributed by atoms with Gasteiger partial charge in [0.15, 0.2) is 0 Å². The Morgan fingerprint density at radius 2 is 2.31 bits per heavy atom. The van der Waals surface area contributed by atoms with Crippen LogP contribution in [0.5, 0.6) is 0 Å². The maximum Gasteiger partial charge on any atom is 0.00114 e. The predicted octanol–water partition coefficient (Wildman–Crippen LogP) is 2.10. The monoisotopic (exact) mass is 175 g/mol. The molecule has 3 aliphatic carbocycles. The summed E-state index contributed by atoms with van der Waals surface area (Å²) in [4.78, 5) is 0. The molecule has 2 N–H and O–H groups in total. The van der Waals surface area contributed by atoms with Crippen molar-refractivity contribution in [2.24, 2.45) is 29.4 Å². The van der Waals surface area contributed by atoms with Crippen molar-refractivity contribution in [2.75, 3.05) is 6.54 Å². The molecule has 0 saturated heterocycles. The van der Waals surface area contributed by atoms with Crippen LogP contribution in [0.2, 0.25) is 0 Å². The number of fused-ring (bicyclic) bond motifs is 1. The van der Waals surface area contributed by atoms with Gasteiger partial charge in [-0.2, -0.15) is 0 Å². The molecule has 0 aromatic heterocycles. The van der Waals surface area contributed by atoms with Gasteiger partial charge in [0.1, 0.15) is 0 Å². The first-order valence-electron chi connectivity index (χ1n) is 5.46. The van der Waals surface area contributed by atoms with Crippen molar-refractivity contribution < 1.29 is 0 Å². The summed E-state index contributed by atoms with van der Waals surface area (Å²) in [6, 6.07) is 0. The Labute approximate surface area is 79.7 Å². The van der Waals surface area contributed by atoms with Crippen LogP contribution in [0.15, 0.2) is 23.8 Å². The van der Waals surface area contributed by atoms with Gasteiger partial charge >= 0.3 is 0 Å². The van der Waals surface area contributed by atoms with E-state index >= 15 is 0 Å². The van der Waals surface area contributed by atoms with Crippen molar-refractivity contribution in [2.45, 2.75) is 19.3 Å². The molecule has 0 aliphatic heterocycles. The quantitative estimate of drug-likeness (QED) is 0.639. The van der Waals surface area contributed by atoms with Crippen LogP contribution in [0.4, 0.5) is 0 Å². The maximum absolute atomic E-state index is 5.71. The van der Waals surface area contributed by atoms with E-state index in [1.165, 1.54) is 19.3 Å². The fourth-order valence-corrected chi connectivity index (χ4v) is 3.08. The summed E-state index contributed by atoms with van der Waals surface area (Å²) in [7, 11) is 0. The molecule has 0 aromatic rings. The highest BCUT2D eigenvalue weighted by Gasteiger charge is 2.43. The second kappa shape index (κ2) is 2.71. The molecule has 0 aromatic carbocycles. The van der Waals surface area contributed by atoms with Gasteiger partial charge < -0.3 is 5.73 Å². The zero-order chi connectivity index (χ0) is 8.84. The van der Waals surface area contributed by atoms with Crippen LogP contribution in [0.25, 0.3) is 0 Å². The van der Waals surface area contributed by atoms with Gasteiger partial charge in [-0.3, -0.25) is 0 Å². The number of hydrogen-bond acceptors (Lipinski definition) is 1. The third-order valence-corrected chi connectivity index (χ3v) is 4.14. The van der Waals surface area contributed by atoms with E-state index < -0.39 is 0 Å². The van der Waals surface area contributed by atoms with E-state index in [9.17, 15) is 0 Å². The normalized spacial score (nSPS) is 46.4. The standard InChI is InChI=1S/C12H17N/c13-7-11-5-10-4-9(6-12(10)11)8-2-1-3-8/h1-2,6,8,10-12H,3-5,7,13H2. The van der Waals surface area contributed by atoms with Gasteiger partial charge in [-0.1, -0.05) is 23.8 Å². The average Bonchev–Trinajstić information content (AvgIpc) is 2.29. The number of nitrogens with two attached hydrogens (primary N) is 1. The summed E-state index contributed by atoms with van der Waals surface area (Å²) in [6.45, 7) is 0.894. The summed E-state index contributed by atoms with van der Waals surface area (Å²) < 4.78 is 0. The first-order chi connectivity index (χ1) is 6.38. The van der Waals surface area contributed by atoms with E-state index in [2.05, 4.69) is 18.2 Å². The summed E-state index contributed by atoms with van der Waals surface area (Å²) in [5.41, 5.74) is 7.43. The highest BCUT2D eigenvalue weighted by molar-refractivity contribution is 5.28. The largest absolute Gasteiger partial charge is 0.330 e. The molecular weight excluding hydrogens is 158 g/mol. The van der Waals surface area contributed by atoms with Gasteiger partial charge in [-0.15, -0.1) is 0 Å². The maximum atomic E-state index is 5.71. The summed E-state index contributed by atoms with van der Waals surface area (Å²) >= 11 is 0. The third-order valence-electron chi connectivity index (χ3n) is 4.14. The number of rotatable bonds is 2. The topological polar surface area (TPSA) is 26.0 Å². The first kappa shape index (κ1) is 7.81. The molecule has 3 aliphatic rings. The molecule has 0 bridgehead atoms. The van der Waals surface area contributed by atoms with Crippen molar-refractivity contribution in [1.82, 2.24) is 0 Å². The Bertz CT molecular complexity index is 277. The number of hydrogen-bond donors (Lipinski definition) is 1. The molecule has 1 heteroatoms. The molecule has 70 valence electrons. The lowest BCUT2D eigenvalue weighted by Gasteiger charge is -2.39. The summed E-state index contributed by atoms with van der Waals surface area (Å²) in [5.74, 6) is 3.45. The summed E-state index contributed by atoms with van der Waals surface area (Å²) in [5, 5.41) is 0. The molecule has 3 rings (SSSR count). The van der Waals surface area contributed by atoms with Gasteiger partial charge in [0.25, 0.3) is 0 Å². The zero-order valence-corrected chi connectivity index (χ0v) is 7.95. The van der Waals surface area contributed by atoms with E-state index in [1.807, 2.05) is 0 Å². The summed E-state index contributed by atoms with van der Waals surface area (Å²) in [6.07, 6.45) is 11.2. The first-order valence-corrected chi connectivity index (χ1v) is 5.46. The van der Waals surface area contributed by atoms with E-state index in [1.54, 1.807) is 5.57 Å². The molecule has 1 saturated carbocycles. The molecular formula is C12H17N. The second-order valence-electron chi connectivity index (χ2n) is 4.78. The minimum Gasteiger partial charge on any atom is -0.330 e. The van der Waals surface area contributed by atoms with Crippen LogP contribution in [-0.4, -0.2) is 6.54 Å². The lowest BCUT2D eigenvalue weighted by Crippen LogP contribution is -2.37. The molecule has 0 spiro atoms. The Morgan fingerprint density at radius 1 is 1.46 bits per heavy atom. The van der Waals surface area contributed by atoms with E-state index in [0.29, 0.717) is 0 Å². The molecule has 1 nitrogen and oxygen atoms in total. The highest BCUT2D eigenvalue weighted by Crippen LogP contribution is 2.52. The fourth-order valence-electron chi connectivity index (χ4n) is 3.08. The van der Waals surface area contributed by atoms with Gasteiger partial charge in [-0.25, -0.2) is 0 Å². The molecule has 0 radical (unpaired) electrons. The van der Waals surface area contributed by atoms with Crippen molar-refractivity contribution in [3.63, 3.8) is 0 Å².